The Morgan fingerprint density at radius 2 is 1.92 bits per heavy atom. The van der Waals surface area contributed by atoms with Crippen LogP contribution >= 0.6 is 0 Å². The minimum Gasteiger partial charge on any atom is -0.492 e. The Kier molecular flexibility index (Phi) is 7.76. The predicted octanol–water partition coefficient (Wildman–Crippen LogP) is 2.88. The Hall–Kier alpha value is -2.56. The van der Waals surface area contributed by atoms with Gasteiger partial charge >= 0.3 is 0 Å². The number of benzene rings is 1. The van der Waals surface area contributed by atoms with Gasteiger partial charge in [-0.25, -0.2) is 0 Å². The number of guanidine groups is 1. The molecule has 1 aromatic carbocycles. The fraction of sp³-hybridized carbons (Fsp3) is 0.400. The van der Waals surface area contributed by atoms with Crippen LogP contribution in [0.25, 0.3) is 0 Å². The number of nitrogens with one attached hydrogen (secondary N) is 2. The second-order valence-corrected chi connectivity index (χ2v) is 5.93. The van der Waals surface area contributed by atoms with E-state index >= 15 is 0 Å². The summed E-state index contributed by atoms with van der Waals surface area (Å²) in [5.41, 5.74) is 3.49. The average Bonchev–Trinajstić information content (AvgIpc) is 2.59. The fourth-order valence-corrected chi connectivity index (χ4v) is 2.52. The second kappa shape index (κ2) is 10.3. The van der Waals surface area contributed by atoms with Crippen molar-refractivity contribution in [3.63, 3.8) is 0 Å². The number of aliphatic imine (C=N–C) groups is 1. The molecular weight excluding hydrogens is 312 g/mol. The van der Waals surface area contributed by atoms with Crippen LogP contribution in [0.3, 0.4) is 0 Å². The number of hydrogen-bond donors (Lipinski definition) is 2. The Balaban J connectivity index is 1.75. The molecule has 1 heterocycles. The number of pyridine rings is 1. The van der Waals surface area contributed by atoms with E-state index in [0.717, 1.165) is 30.4 Å². The summed E-state index contributed by atoms with van der Waals surface area (Å²) in [5, 5.41) is 6.55. The third-order valence-electron chi connectivity index (χ3n) is 3.57. The molecule has 2 N–H and O–H groups in total. The molecule has 1 aromatic heterocycles. The van der Waals surface area contributed by atoms with Crippen molar-refractivity contribution in [2.45, 2.75) is 27.2 Å². The standard InChI is InChI=1S/C20H28N4O/c1-4-21-20(23-10-8-18-7-5-6-9-22-18)24-11-12-25-19-14-16(2)13-17(3)15-19/h5-7,9,13-15H,4,8,10-12H2,1-3H3,(H2,21,23,24). The Labute approximate surface area is 150 Å². The van der Waals surface area contributed by atoms with E-state index in [2.05, 4.69) is 59.6 Å². The molecule has 5 nitrogen and oxygen atoms in total. The molecule has 134 valence electrons. The monoisotopic (exact) mass is 340 g/mol. The largest absolute Gasteiger partial charge is 0.492 e. The maximum absolute atomic E-state index is 5.81. The second-order valence-electron chi connectivity index (χ2n) is 5.93. The summed E-state index contributed by atoms with van der Waals surface area (Å²) in [5.74, 6) is 1.72. The molecule has 0 saturated carbocycles. The topological polar surface area (TPSA) is 58.5 Å². The van der Waals surface area contributed by atoms with Crippen LogP contribution in [-0.4, -0.2) is 37.2 Å². The van der Waals surface area contributed by atoms with Crippen LogP contribution in [0.1, 0.15) is 23.7 Å². The van der Waals surface area contributed by atoms with Crippen molar-refractivity contribution < 1.29 is 4.74 Å². The van der Waals surface area contributed by atoms with Gasteiger partial charge in [-0.2, -0.15) is 0 Å². The summed E-state index contributed by atoms with van der Waals surface area (Å²) >= 11 is 0. The maximum Gasteiger partial charge on any atom is 0.191 e. The van der Waals surface area contributed by atoms with Crippen LogP contribution < -0.4 is 15.4 Å². The van der Waals surface area contributed by atoms with Gasteiger partial charge in [-0.3, -0.25) is 9.98 Å². The van der Waals surface area contributed by atoms with Crippen molar-refractivity contribution >= 4 is 5.96 Å². The third kappa shape index (κ3) is 7.25. The van der Waals surface area contributed by atoms with E-state index in [1.54, 1.807) is 0 Å². The lowest BCUT2D eigenvalue weighted by molar-refractivity contribution is 0.321. The summed E-state index contributed by atoms with van der Waals surface area (Å²) in [6, 6.07) is 12.2. The van der Waals surface area contributed by atoms with Crippen LogP contribution in [-0.2, 0) is 6.42 Å². The molecule has 0 atom stereocenters. The van der Waals surface area contributed by atoms with Crippen molar-refractivity contribution in [1.82, 2.24) is 15.6 Å². The van der Waals surface area contributed by atoms with Crippen molar-refractivity contribution in [3.8, 4) is 5.75 Å². The minimum absolute atomic E-state index is 0.591. The number of ether oxygens (including phenoxy) is 1. The molecule has 0 aliphatic carbocycles. The normalized spacial score (nSPS) is 11.2. The van der Waals surface area contributed by atoms with Gasteiger partial charge in [-0.05, 0) is 56.2 Å². The van der Waals surface area contributed by atoms with E-state index in [4.69, 9.17) is 4.74 Å². The smallest absolute Gasteiger partial charge is 0.191 e. The van der Waals surface area contributed by atoms with E-state index < -0.39 is 0 Å². The van der Waals surface area contributed by atoms with Crippen LogP contribution in [0.4, 0.5) is 0 Å². The highest BCUT2D eigenvalue weighted by Crippen LogP contribution is 2.15. The molecule has 0 fully saturated rings. The van der Waals surface area contributed by atoms with Gasteiger partial charge in [0.2, 0.25) is 0 Å². The summed E-state index contributed by atoms with van der Waals surface area (Å²) < 4.78 is 5.81. The third-order valence-corrected chi connectivity index (χ3v) is 3.57. The zero-order valence-corrected chi connectivity index (χ0v) is 15.4. The molecule has 0 bridgehead atoms. The maximum atomic E-state index is 5.81. The lowest BCUT2D eigenvalue weighted by Crippen LogP contribution is -2.39. The fourth-order valence-electron chi connectivity index (χ4n) is 2.52. The number of aromatic nitrogens is 1. The lowest BCUT2D eigenvalue weighted by Gasteiger charge is -2.12. The number of aryl methyl sites for hydroxylation is 2. The van der Waals surface area contributed by atoms with Gasteiger partial charge in [0.05, 0.1) is 6.54 Å². The van der Waals surface area contributed by atoms with Gasteiger partial charge in [0.25, 0.3) is 0 Å². The Bertz CT molecular complexity index is 650. The van der Waals surface area contributed by atoms with Crippen LogP contribution in [0, 0.1) is 13.8 Å². The first kappa shape index (κ1) is 18.8. The number of hydrogen-bond acceptors (Lipinski definition) is 3. The van der Waals surface area contributed by atoms with Gasteiger partial charge in [-0.1, -0.05) is 12.1 Å². The first-order chi connectivity index (χ1) is 12.2. The average molecular weight is 340 g/mol. The first-order valence-electron chi connectivity index (χ1n) is 8.80. The molecule has 0 aliphatic rings. The molecule has 0 radical (unpaired) electrons. The van der Waals surface area contributed by atoms with Gasteiger partial charge < -0.3 is 15.4 Å². The summed E-state index contributed by atoms with van der Waals surface area (Å²) in [7, 11) is 0. The molecule has 0 aliphatic heterocycles. The van der Waals surface area contributed by atoms with E-state index in [0.29, 0.717) is 19.7 Å². The van der Waals surface area contributed by atoms with Crippen molar-refractivity contribution in [2.24, 2.45) is 4.99 Å². The molecule has 0 unspecified atom stereocenters. The van der Waals surface area contributed by atoms with Gasteiger partial charge in [0, 0.05) is 31.4 Å². The van der Waals surface area contributed by atoms with Crippen LogP contribution in [0.5, 0.6) is 5.75 Å². The highest BCUT2D eigenvalue weighted by atomic mass is 16.5. The molecule has 5 heteroatoms. The summed E-state index contributed by atoms with van der Waals surface area (Å²) in [6.07, 6.45) is 2.64. The molecular formula is C20H28N4O. The SMILES string of the molecule is CCNC(=NCCc1ccccn1)NCCOc1cc(C)cc(C)c1. The van der Waals surface area contributed by atoms with Gasteiger partial charge in [-0.15, -0.1) is 0 Å². The zero-order chi connectivity index (χ0) is 17.9. The Morgan fingerprint density at radius 1 is 1.12 bits per heavy atom. The highest BCUT2D eigenvalue weighted by molar-refractivity contribution is 5.79. The van der Waals surface area contributed by atoms with E-state index in [1.807, 2.05) is 24.4 Å². The van der Waals surface area contributed by atoms with E-state index in [-0.39, 0.29) is 0 Å². The molecule has 2 rings (SSSR count). The van der Waals surface area contributed by atoms with Crippen molar-refractivity contribution in [3.05, 3.63) is 59.4 Å². The minimum atomic E-state index is 0.591. The van der Waals surface area contributed by atoms with Crippen molar-refractivity contribution in [2.75, 3.05) is 26.2 Å². The van der Waals surface area contributed by atoms with Gasteiger partial charge in [0.1, 0.15) is 12.4 Å². The van der Waals surface area contributed by atoms with Crippen molar-refractivity contribution in [1.29, 1.82) is 0 Å². The Morgan fingerprint density at radius 3 is 2.60 bits per heavy atom. The summed E-state index contributed by atoms with van der Waals surface area (Å²) in [6.45, 7) is 9.03. The number of rotatable bonds is 8. The first-order valence-corrected chi connectivity index (χ1v) is 8.80. The quantitative estimate of drug-likeness (QED) is 0.441. The van der Waals surface area contributed by atoms with Crippen LogP contribution in [0.15, 0.2) is 47.6 Å². The highest BCUT2D eigenvalue weighted by Gasteiger charge is 2.00. The van der Waals surface area contributed by atoms with E-state index in [9.17, 15) is 0 Å². The predicted molar refractivity (Wildman–Crippen MR) is 103 cm³/mol. The molecule has 0 spiro atoms. The molecule has 0 amide bonds. The molecule has 0 saturated heterocycles. The van der Waals surface area contributed by atoms with E-state index in [1.165, 1.54) is 11.1 Å². The zero-order valence-electron chi connectivity index (χ0n) is 15.4. The van der Waals surface area contributed by atoms with Crippen LogP contribution in [0.2, 0.25) is 0 Å². The molecule has 2 aromatic rings. The van der Waals surface area contributed by atoms with Gasteiger partial charge in [0.15, 0.2) is 5.96 Å². The number of nitrogens with zero attached hydrogens (tertiary/aromatic N) is 2. The molecule has 25 heavy (non-hydrogen) atoms. The summed E-state index contributed by atoms with van der Waals surface area (Å²) in [4.78, 5) is 8.90. The lowest BCUT2D eigenvalue weighted by atomic mass is 10.1.